The Morgan fingerprint density at radius 3 is 1.89 bits per heavy atom. The van der Waals surface area contributed by atoms with Gasteiger partial charge >= 0.3 is 0 Å². The van der Waals surface area contributed by atoms with Gasteiger partial charge in [-0.25, -0.2) is 4.90 Å². The quantitative estimate of drug-likeness (QED) is 0.745. The Bertz CT molecular complexity index is 574. The molecule has 3 rings (SSSR count). The smallest absolute Gasteiger partial charge is 0.238 e. The molecule has 2 aliphatic rings. The van der Waals surface area contributed by atoms with Crippen LogP contribution in [-0.2, 0) is 9.59 Å². The van der Waals surface area contributed by atoms with E-state index in [4.69, 9.17) is 0 Å². The third-order valence-electron chi connectivity index (χ3n) is 4.48. The molecule has 1 aromatic rings. The molecule has 3 nitrogen and oxygen atoms in total. The van der Waals surface area contributed by atoms with Gasteiger partial charge in [-0.2, -0.15) is 0 Å². The first kappa shape index (κ1) is 12.9. The molecule has 0 radical (unpaired) electrons. The minimum atomic E-state index is -0.151. The maximum Gasteiger partial charge on any atom is 0.238 e. The number of rotatable bonds is 1. The number of imide groups is 1. The lowest BCUT2D eigenvalue weighted by Gasteiger charge is -2.24. The molecule has 2 atom stereocenters. The molecular formula is C15H16BrNO2. The van der Waals surface area contributed by atoms with Crippen molar-refractivity contribution >= 4 is 33.4 Å². The first-order chi connectivity index (χ1) is 8.76. The summed E-state index contributed by atoms with van der Waals surface area (Å²) in [6.07, 6.45) is 0. The first-order valence-corrected chi connectivity index (χ1v) is 7.20. The van der Waals surface area contributed by atoms with E-state index in [2.05, 4.69) is 15.9 Å². The second-order valence-electron chi connectivity index (χ2n) is 6.18. The predicted molar refractivity (Wildman–Crippen MR) is 76.9 cm³/mol. The van der Waals surface area contributed by atoms with Gasteiger partial charge in [-0.05, 0) is 42.5 Å². The fourth-order valence-corrected chi connectivity index (χ4v) is 4.11. The third-order valence-corrected chi connectivity index (χ3v) is 4.94. The standard InChI is InChI=1S/C15H16BrNO2/c1-7-5-9(16)6-8(2)12(7)17-13(18)10-11(14(17)19)15(10,3)4/h5-6,10-11H,1-4H3. The Morgan fingerprint density at radius 1 is 1.05 bits per heavy atom. The number of anilines is 1. The lowest BCUT2D eigenvalue weighted by molar-refractivity contribution is -0.125. The number of benzene rings is 1. The predicted octanol–water partition coefficient (Wildman–Crippen LogP) is 3.21. The number of halogens is 1. The van der Waals surface area contributed by atoms with Crippen molar-refractivity contribution in [2.45, 2.75) is 27.7 Å². The van der Waals surface area contributed by atoms with Crippen LogP contribution in [0.1, 0.15) is 25.0 Å². The Labute approximate surface area is 121 Å². The number of nitrogens with zero attached hydrogens (tertiary/aromatic N) is 1. The van der Waals surface area contributed by atoms with Crippen molar-refractivity contribution in [3.8, 4) is 0 Å². The number of carbonyl (C=O) groups is 2. The second kappa shape index (κ2) is 3.69. The Morgan fingerprint density at radius 2 is 1.47 bits per heavy atom. The number of carbonyl (C=O) groups excluding carboxylic acids is 2. The zero-order chi connectivity index (χ0) is 14.1. The minimum Gasteiger partial charge on any atom is -0.274 e. The molecule has 1 aliphatic carbocycles. The highest BCUT2D eigenvalue weighted by atomic mass is 79.9. The van der Waals surface area contributed by atoms with Gasteiger partial charge in [0.25, 0.3) is 0 Å². The van der Waals surface area contributed by atoms with Crippen LogP contribution < -0.4 is 4.90 Å². The second-order valence-corrected chi connectivity index (χ2v) is 7.09. The summed E-state index contributed by atoms with van der Waals surface area (Å²) in [4.78, 5) is 26.3. The summed E-state index contributed by atoms with van der Waals surface area (Å²) in [6.45, 7) is 7.86. The molecule has 2 unspecified atom stereocenters. The lowest BCUT2D eigenvalue weighted by atomic mass is 10.0. The van der Waals surface area contributed by atoms with Crippen LogP contribution in [0.3, 0.4) is 0 Å². The first-order valence-electron chi connectivity index (χ1n) is 6.41. The Balaban J connectivity index is 2.07. The van der Waals surface area contributed by atoms with Crippen molar-refractivity contribution in [2.24, 2.45) is 17.3 Å². The van der Waals surface area contributed by atoms with Crippen molar-refractivity contribution < 1.29 is 9.59 Å². The highest BCUT2D eigenvalue weighted by Crippen LogP contribution is 2.64. The van der Waals surface area contributed by atoms with E-state index in [1.807, 2.05) is 39.8 Å². The average Bonchev–Trinajstić information content (AvgIpc) is 2.73. The van der Waals surface area contributed by atoms with E-state index in [0.717, 1.165) is 21.3 Å². The highest BCUT2D eigenvalue weighted by molar-refractivity contribution is 9.10. The van der Waals surface area contributed by atoms with Crippen LogP contribution in [0.5, 0.6) is 0 Å². The summed E-state index contributed by atoms with van der Waals surface area (Å²) in [5.74, 6) is -0.313. The number of aryl methyl sites for hydroxylation is 2. The zero-order valence-electron chi connectivity index (χ0n) is 11.5. The summed E-state index contributed by atoms with van der Waals surface area (Å²) >= 11 is 3.44. The molecule has 2 amide bonds. The van der Waals surface area contributed by atoms with Gasteiger partial charge in [0.15, 0.2) is 0 Å². The number of amides is 2. The molecule has 1 aromatic carbocycles. The molecule has 4 heteroatoms. The summed E-state index contributed by atoms with van der Waals surface area (Å²) < 4.78 is 0.968. The molecule has 2 fully saturated rings. The van der Waals surface area contributed by atoms with Gasteiger partial charge < -0.3 is 0 Å². The molecule has 1 saturated carbocycles. The normalized spacial score (nSPS) is 27.7. The van der Waals surface area contributed by atoms with E-state index in [-0.39, 0.29) is 29.1 Å². The minimum absolute atomic E-state index is 0.0338. The van der Waals surface area contributed by atoms with E-state index in [9.17, 15) is 9.59 Å². The van der Waals surface area contributed by atoms with E-state index in [1.165, 1.54) is 4.90 Å². The molecule has 0 bridgehead atoms. The van der Waals surface area contributed by atoms with Gasteiger partial charge in [0.2, 0.25) is 11.8 Å². The van der Waals surface area contributed by atoms with Gasteiger partial charge in [0.1, 0.15) is 0 Å². The van der Waals surface area contributed by atoms with Crippen LogP contribution in [0.15, 0.2) is 16.6 Å². The molecule has 19 heavy (non-hydrogen) atoms. The van der Waals surface area contributed by atoms with Crippen LogP contribution in [0.4, 0.5) is 5.69 Å². The SMILES string of the molecule is Cc1cc(Br)cc(C)c1N1C(=O)C2C(C1=O)C2(C)C. The number of hydrogen-bond acceptors (Lipinski definition) is 2. The summed E-state index contributed by atoms with van der Waals surface area (Å²) in [6, 6.07) is 3.88. The fourth-order valence-electron chi connectivity index (χ4n) is 3.42. The maximum absolute atomic E-state index is 12.5. The van der Waals surface area contributed by atoms with Crippen LogP contribution in [0, 0.1) is 31.1 Å². The summed E-state index contributed by atoms with van der Waals surface area (Å²) in [7, 11) is 0. The van der Waals surface area contributed by atoms with Gasteiger partial charge in [-0.15, -0.1) is 0 Å². The molecule has 0 spiro atoms. The Kier molecular flexibility index (Phi) is 2.50. The van der Waals surface area contributed by atoms with Crippen molar-refractivity contribution in [3.63, 3.8) is 0 Å². The molecule has 1 heterocycles. The average molecular weight is 322 g/mol. The van der Waals surface area contributed by atoms with Crippen molar-refractivity contribution in [1.82, 2.24) is 0 Å². The van der Waals surface area contributed by atoms with E-state index in [0.29, 0.717) is 0 Å². The van der Waals surface area contributed by atoms with E-state index in [1.54, 1.807) is 0 Å². The van der Waals surface area contributed by atoms with Crippen molar-refractivity contribution in [2.75, 3.05) is 4.90 Å². The van der Waals surface area contributed by atoms with Crippen LogP contribution in [-0.4, -0.2) is 11.8 Å². The molecule has 0 aromatic heterocycles. The van der Waals surface area contributed by atoms with E-state index >= 15 is 0 Å². The van der Waals surface area contributed by atoms with Gasteiger partial charge in [0, 0.05) is 4.47 Å². The zero-order valence-corrected chi connectivity index (χ0v) is 13.0. The number of fused-ring (bicyclic) bond motifs is 1. The van der Waals surface area contributed by atoms with E-state index < -0.39 is 0 Å². The number of hydrogen-bond donors (Lipinski definition) is 0. The third kappa shape index (κ3) is 1.55. The number of piperidine rings is 1. The van der Waals surface area contributed by atoms with Crippen molar-refractivity contribution in [3.05, 3.63) is 27.7 Å². The van der Waals surface area contributed by atoms with Crippen molar-refractivity contribution in [1.29, 1.82) is 0 Å². The highest BCUT2D eigenvalue weighted by Gasteiger charge is 2.72. The van der Waals surface area contributed by atoms with Crippen LogP contribution in [0.25, 0.3) is 0 Å². The van der Waals surface area contributed by atoms with Crippen LogP contribution >= 0.6 is 15.9 Å². The van der Waals surface area contributed by atoms with Crippen LogP contribution in [0.2, 0.25) is 0 Å². The summed E-state index contributed by atoms with van der Waals surface area (Å²) in [5, 5.41) is 0. The molecule has 0 N–H and O–H groups in total. The lowest BCUT2D eigenvalue weighted by Crippen LogP contribution is -2.37. The summed E-state index contributed by atoms with van der Waals surface area (Å²) in [5.41, 5.74) is 2.52. The largest absolute Gasteiger partial charge is 0.274 e. The fraction of sp³-hybridized carbons (Fsp3) is 0.467. The molecule has 1 aliphatic heterocycles. The van der Waals surface area contributed by atoms with Gasteiger partial charge in [-0.1, -0.05) is 29.8 Å². The molecule has 1 saturated heterocycles. The molecular weight excluding hydrogens is 306 g/mol. The van der Waals surface area contributed by atoms with Gasteiger partial charge in [0.05, 0.1) is 17.5 Å². The topological polar surface area (TPSA) is 37.4 Å². The van der Waals surface area contributed by atoms with Gasteiger partial charge in [-0.3, -0.25) is 9.59 Å². The Hall–Kier alpha value is -1.16. The maximum atomic E-state index is 12.5. The monoisotopic (exact) mass is 321 g/mol. The molecule has 100 valence electrons.